The predicted octanol–water partition coefficient (Wildman–Crippen LogP) is 4.58. The predicted molar refractivity (Wildman–Crippen MR) is 88.1 cm³/mol. The Balaban J connectivity index is 1.76. The van der Waals surface area contributed by atoms with E-state index in [1.807, 2.05) is 30.3 Å². The molecule has 0 aliphatic rings. The molecule has 0 spiro atoms. The first kappa shape index (κ1) is 14.1. The summed E-state index contributed by atoms with van der Waals surface area (Å²) in [6.45, 7) is 0. The molecular formula is C18H18O2S. The van der Waals surface area contributed by atoms with Crippen molar-refractivity contribution in [1.82, 2.24) is 0 Å². The van der Waals surface area contributed by atoms with Crippen LogP contribution in [-0.2, 0) is 6.42 Å². The van der Waals surface area contributed by atoms with Gasteiger partial charge in [-0.05, 0) is 58.8 Å². The average molecular weight is 298 g/mol. The Kier molecular flexibility index (Phi) is 4.23. The molecule has 1 aromatic heterocycles. The van der Waals surface area contributed by atoms with Crippen LogP contribution in [-0.4, -0.2) is 12.2 Å². The molecule has 1 N–H and O–H groups in total. The third kappa shape index (κ3) is 3.26. The van der Waals surface area contributed by atoms with Crippen molar-refractivity contribution in [1.29, 1.82) is 0 Å². The molecule has 1 unspecified atom stereocenters. The Labute approximate surface area is 128 Å². The van der Waals surface area contributed by atoms with Crippen LogP contribution in [0.4, 0.5) is 0 Å². The number of hydrogen-bond donors (Lipinski definition) is 1. The SMILES string of the molecule is COc1ccc2cc(C(O)CCc3cccs3)ccc2c1. The molecule has 1 heterocycles. The fraction of sp³-hybridized carbons (Fsp3) is 0.222. The Morgan fingerprint density at radius 3 is 2.67 bits per heavy atom. The number of benzene rings is 2. The molecule has 3 heteroatoms. The van der Waals surface area contributed by atoms with Crippen molar-refractivity contribution in [3.05, 3.63) is 64.4 Å². The zero-order valence-electron chi connectivity index (χ0n) is 12.0. The van der Waals surface area contributed by atoms with Gasteiger partial charge in [-0.15, -0.1) is 11.3 Å². The highest BCUT2D eigenvalue weighted by atomic mass is 32.1. The van der Waals surface area contributed by atoms with Crippen LogP contribution < -0.4 is 4.74 Å². The smallest absolute Gasteiger partial charge is 0.119 e. The van der Waals surface area contributed by atoms with E-state index in [9.17, 15) is 5.11 Å². The maximum absolute atomic E-state index is 10.4. The molecule has 1 atom stereocenters. The van der Waals surface area contributed by atoms with Crippen LogP contribution in [0, 0.1) is 0 Å². The van der Waals surface area contributed by atoms with Crippen LogP contribution >= 0.6 is 11.3 Å². The van der Waals surface area contributed by atoms with Gasteiger partial charge < -0.3 is 9.84 Å². The highest BCUT2D eigenvalue weighted by molar-refractivity contribution is 7.09. The Morgan fingerprint density at radius 2 is 1.90 bits per heavy atom. The van der Waals surface area contributed by atoms with Gasteiger partial charge in [0, 0.05) is 4.88 Å². The van der Waals surface area contributed by atoms with E-state index in [0.29, 0.717) is 0 Å². The van der Waals surface area contributed by atoms with Crippen molar-refractivity contribution >= 4 is 22.1 Å². The average Bonchev–Trinajstić information content (AvgIpc) is 3.05. The lowest BCUT2D eigenvalue weighted by Gasteiger charge is -2.12. The summed E-state index contributed by atoms with van der Waals surface area (Å²) in [6.07, 6.45) is 1.25. The normalized spacial score (nSPS) is 12.5. The summed E-state index contributed by atoms with van der Waals surface area (Å²) >= 11 is 1.74. The molecule has 0 saturated heterocycles. The van der Waals surface area contributed by atoms with Gasteiger partial charge >= 0.3 is 0 Å². The number of fused-ring (bicyclic) bond motifs is 1. The van der Waals surface area contributed by atoms with Crippen LogP contribution in [0.1, 0.15) is 23.0 Å². The second kappa shape index (κ2) is 6.29. The van der Waals surface area contributed by atoms with Crippen molar-refractivity contribution in [3.63, 3.8) is 0 Å². The molecule has 2 aromatic carbocycles. The molecule has 0 radical (unpaired) electrons. The van der Waals surface area contributed by atoms with E-state index < -0.39 is 6.10 Å². The molecule has 21 heavy (non-hydrogen) atoms. The lowest BCUT2D eigenvalue weighted by molar-refractivity contribution is 0.168. The van der Waals surface area contributed by atoms with Gasteiger partial charge in [-0.1, -0.05) is 24.3 Å². The highest BCUT2D eigenvalue weighted by Crippen LogP contribution is 2.26. The fourth-order valence-corrected chi connectivity index (χ4v) is 3.20. The summed E-state index contributed by atoms with van der Waals surface area (Å²) in [6, 6.07) is 16.3. The summed E-state index contributed by atoms with van der Waals surface area (Å²) in [5.74, 6) is 0.855. The second-order valence-electron chi connectivity index (χ2n) is 5.11. The highest BCUT2D eigenvalue weighted by Gasteiger charge is 2.09. The molecule has 0 aliphatic heterocycles. The van der Waals surface area contributed by atoms with Gasteiger partial charge in [0.15, 0.2) is 0 Å². The minimum atomic E-state index is -0.418. The number of aliphatic hydroxyl groups excluding tert-OH is 1. The van der Waals surface area contributed by atoms with E-state index in [2.05, 4.69) is 23.6 Å². The summed E-state index contributed by atoms with van der Waals surface area (Å²) in [4.78, 5) is 1.32. The van der Waals surface area contributed by atoms with E-state index >= 15 is 0 Å². The molecule has 0 fully saturated rings. The van der Waals surface area contributed by atoms with E-state index in [-0.39, 0.29) is 0 Å². The van der Waals surface area contributed by atoms with Crippen molar-refractivity contribution in [2.24, 2.45) is 0 Å². The Morgan fingerprint density at radius 1 is 1.10 bits per heavy atom. The standard InChI is InChI=1S/C18H18O2S/c1-20-16-7-6-13-11-15(5-4-14(13)12-16)18(19)9-8-17-3-2-10-21-17/h2-7,10-12,18-19H,8-9H2,1H3. The molecule has 108 valence electrons. The summed E-state index contributed by atoms with van der Waals surface area (Å²) < 4.78 is 5.23. The fourth-order valence-electron chi connectivity index (χ4n) is 2.48. The number of rotatable bonds is 5. The third-order valence-corrected chi connectivity index (χ3v) is 4.64. The largest absolute Gasteiger partial charge is 0.497 e. The number of methoxy groups -OCH3 is 1. The molecule has 0 aliphatic carbocycles. The first-order valence-corrected chi connectivity index (χ1v) is 7.92. The lowest BCUT2D eigenvalue weighted by Crippen LogP contribution is -1.99. The molecule has 3 rings (SSSR count). The lowest BCUT2D eigenvalue weighted by atomic mass is 10.0. The second-order valence-corrected chi connectivity index (χ2v) is 6.14. The van der Waals surface area contributed by atoms with Crippen LogP contribution in [0.5, 0.6) is 5.75 Å². The maximum Gasteiger partial charge on any atom is 0.119 e. The Bertz CT molecular complexity index is 719. The van der Waals surface area contributed by atoms with E-state index in [4.69, 9.17) is 4.74 Å². The number of aryl methyl sites for hydroxylation is 1. The van der Waals surface area contributed by atoms with Gasteiger partial charge in [0.2, 0.25) is 0 Å². The number of ether oxygens (including phenoxy) is 1. The van der Waals surface area contributed by atoms with Crippen molar-refractivity contribution in [2.75, 3.05) is 7.11 Å². The van der Waals surface area contributed by atoms with Crippen LogP contribution in [0.25, 0.3) is 10.8 Å². The van der Waals surface area contributed by atoms with Gasteiger partial charge in [0.05, 0.1) is 13.2 Å². The first-order valence-electron chi connectivity index (χ1n) is 7.04. The van der Waals surface area contributed by atoms with Crippen LogP contribution in [0.3, 0.4) is 0 Å². The summed E-state index contributed by atoms with van der Waals surface area (Å²) in [5.41, 5.74) is 0.976. The molecular weight excluding hydrogens is 280 g/mol. The van der Waals surface area contributed by atoms with E-state index in [1.54, 1.807) is 18.4 Å². The topological polar surface area (TPSA) is 29.5 Å². The molecule has 0 bridgehead atoms. The van der Waals surface area contributed by atoms with Gasteiger partial charge in [0.1, 0.15) is 5.75 Å². The van der Waals surface area contributed by atoms with Gasteiger partial charge in [-0.25, -0.2) is 0 Å². The van der Waals surface area contributed by atoms with Crippen molar-refractivity contribution in [2.45, 2.75) is 18.9 Å². The monoisotopic (exact) mass is 298 g/mol. The molecule has 0 amide bonds. The molecule has 3 aromatic rings. The number of aliphatic hydroxyl groups is 1. The summed E-state index contributed by atoms with van der Waals surface area (Å²) in [5, 5.41) is 14.7. The zero-order chi connectivity index (χ0) is 14.7. The number of hydrogen-bond acceptors (Lipinski definition) is 3. The quantitative estimate of drug-likeness (QED) is 0.747. The van der Waals surface area contributed by atoms with Crippen molar-refractivity contribution in [3.8, 4) is 5.75 Å². The summed E-state index contributed by atoms with van der Waals surface area (Å²) in [7, 11) is 1.67. The number of thiophene rings is 1. The van der Waals surface area contributed by atoms with Crippen LogP contribution in [0.15, 0.2) is 53.9 Å². The minimum Gasteiger partial charge on any atom is -0.497 e. The zero-order valence-corrected chi connectivity index (χ0v) is 12.8. The van der Waals surface area contributed by atoms with Crippen LogP contribution in [0.2, 0.25) is 0 Å². The van der Waals surface area contributed by atoms with Gasteiger partial charge in [-0.2, -0.15) is 0 Å². The van der Waals surface area contributed by atoms with Crippen molar-refractivity contribution < 1.29 is 9.84 Å². The maximum atomic E-state index is 10.4. The molecule has 2 nitrogen and oxygen atoms in total. The Hall–Kier alpha value is -1.84. The van der Waals surface area contributed by atoms with Gasteiger partial charge in [-0.3, -0.25) is 0 Å². The minimum absolute atomic E-state index is 0.418. The third-order valence-electron chi connectivity index (χ3n) is 3.70. The van der Waals surface area contributed by atoms with E-state index in [0.717, 1.165) is 34.9 Å². The molecule has 0 saturated carbocycles. The van der Waals surface area contributed by atoms with E-state index in [1.165, 1.54) is 4.88 Å². The first-order chi connectivity index (χ1) is 10.3. The van der Waals surface area contributed by atoms with Gasteiger partial charge in [0.25, 0.3) is 0 Å².